The zero-order chi connectivity index (χ0) is 64.2. The maximum absolute atomic E-state index is 9.61. The quantitative estimate of drug-likeness (QED) is 0.0667. The predicted molar refractivity (Wildman–Crippen MR) is 377 cm³/mol. The van der Waals surface area contributed by atoms with E-state index in [1.165, 1.54) is 21.3 Å². The van der Waals surface area contributed by atoms with E-state index in [0.717, 1.165) is 91.8 Å². The normalized spacial score (nSPS) is 9.98. The van der Waals surface area contributed by atoms with Crippen molar-refractivity contribution >= 4 is 160 Å². The van der Waals surface area contributed by atoms with Gasteiger partial charge in [0.05, 0.1) is 125 Å². The summed E-state index contributed by atoms with van der Waals surface area (Å²) in [6, 6.07) is 28.4. The van der Waals surface area contributed by atoms with Crippen LogP contribution in [0.5, 0.6) is 17.2 Å². The largest absolute Gasteiger partial charge is 0.495 e. The number of nitriles is 3. The minimum absolute atomic E-state index is 0. The smallest absolute Gasteiger partial charge is 0.139 e. The lowest BCUT2D eigenvalue weighted by molar-refractivity contribution is 0.305. The number of aliphatic hydroxyl groups is 1. The summed E-state index contributed by atoms with van der Waals surface area (Å²) in [5.74, 6) is 16.5. The number of unbranched alkanes of at least 4 members (excludes halogenated alkanes) is 2. The first-order chi connectivity index (χ1) is 42.3. The van der Waals surface area contributed by atoms with Crippen LogP contribution in [0.3, 0.4) is 0 Å². The Labute approximate surface area is 566 Å². The van der Waals surface area contributed by atoms with Gasteiger partial charge in [-0.25, -0.2) is 0 Å². The Morgan fingerprint density at radius 1 is 0.449 bits per heavy atom. The number of methoxy groups -OCH3 is 3. The lowest BCUT2D eigenvalue weighted by atomic mass is 10.0. The molecule has 0 radical (unpaired) electrons. The number of aliphatic hydroxyl groups excluding tert-OH is 1. The molecule has 0 saturated heterocycles. The molecule has 0 atom stereocenters. The molecule has 4 N–H and O–H groups in total. The molecule has 9 aromatic rings. The van der Waals surface area contributed by atoms with Gasteiger partial charge < -0.3 is 35.3 Å². The van der Waals surface area contributed by atoms with Gasteiger partial charge in [-0.1, -0.05) is 107 Å². The summed E-state index contributed by atoms with van der Waals surface area (Å²) in [6.45, 7) is 12.4. The molecule has 13 nitrogen and oxygen atoms in total. The number of halogens is 7. The molecule has 3 aromatic heterocycles. The number of fused-ring (bicyclic) bond motifs is 3. The fraction of sp³-hybridized carbons (Fsp3) is 0.217. The second-order valence-corrected chi connectivity index (χ2v) is 21.8. The molecule has 0 spiro atoms. The number of hydrogen-bond acceptors (Lipinski definition) is 13. The Morgan fingerprint density at radius 3 is 1.04 bits per heavy atom. The lowest BCUT2D eigenvalue weighted by Gasteiger charge is -2.15. The van der Waals surface area contributed by atoms with Crippen LogP contribution >= 0.6 is 93.6 Å². The van der Waals surface area contributed by atoms with Crippen molar-refractivity contribution in [1.82, 2.24) is 15.0 Å². The molecule has 89 heavy (non-hydrogen) atoms. The van der Waals surface area contributed by atoms with Crippen LogP contribution in [0.1, 0.15) is 96.0 Å². The van der Waals surface area contributed by atoms with Crippen molar-refractivity contribution in [2.24, 2.45) is 0 Å². The van der Waals surface area contributed by atoms with Crippen LogP contribution in [-0.4, -0.2) is 48.0 Å². The molecule has 0 aliphatic carbocycles. The third kappa shape index (κ3) is 18.3. The summed E-state index contributed by atoms with van der Waals surface area (Å²) in [5, 5.41) is 51.4. The molecule has 0 aliphatic heterocycles. The van der Waals surface area contributed by atoms with Gasteiger partial charge in [-0.3, -0.25) is 15.0 Å². The molecule has 0 unspecified atom stereocenters. The first kappa shape index (κ1) is 71.7. The Morgan fingerprint density at radius 2 is 0.764 bits per heavy atom. The van der Waals surface area contributed by atoms with E-state index in [0.29, 0.717) is 105 Å². The number of ether oxygens (including phenoxy) is 3. The fourth-order valence-electron chi connectivity index (χ4n) is 8.45. The third-order valence-corrected chi connectivity index (χ3v) is 15.1. The summed E-state index contributed by atoms with van der Waals surface area (Å²) in [6.07, 6.45) is 13.6. The highest BCUT2D eigenvalue weighted by atomic mass is 127. The number of nitrogens with zero attached hydrogens (tertiary/aromatic N) is 6. The highest BCUT2D eigenvalue weighted by Crippen LogP contribution is 2.42. The number of nitrogens with one attached hydrogen (secondary N) is 3. The van der Waals surface area contributed by atoms with Gasteiger partial charge in [0, 0.05) is 83.3 Å². The molecule has 6 aromatic carbocycles. The molecule has 0 saturated carbocycles. The van der Waals surface area contributed by atoms with Crippen LogP contribution in [0.4, 0.5) is 34.1 Å². The second kappa shape index (κ2) is 34.6. The SMILES string of the molecule is C#CCCO.CCCC#Cc1cc2ncc(C#N)c(Nc3cc(OC)c(Cl)cc3Cl)c2cc1C.CCCC#Cc1cc2ncc(C#N)c(Nc3cc(OC)c(Cl)cc3Cl)c2cc1C.COc1cc(Nc2c(C#N)cnc3cc(C)c(C)cc23)c(Cl)cc1Cl.I. The summed E-state index contributed by atoms with van der Waals surface area (Å²) in [4.78, 5) is 13.3. The van der Waals surface area contributed by atoms with E-state index in [9.17, 15) is 15.8 Å². The van der Waals surface area contributed by atoms with Gasteiger partial charge in [0.25, 0.3) is 0 Å². The highest BCUT2D eigenvalue weighted by Gasteiger charge is 2.19. The number of benzene rings is 6. The number of terminal acetylenes is 1. The number of anilines is 6. The third-order valence-electron chi connectivity index (χ3n) is 13.2. The van der Waals surface area contributed by atoms with Gasteiger partial charge in [-0.05, 0) is 117 Å². The Balaban J connectivity index is 0.000000233. The maximum atomic E-state index is 9.61. The molecule has 454 valence electrons. The molecular formula is C69H60Cl6IN9O4. The average Bonchev–Trinajstić information content (AvgIpc) is 2.65. The molecule has 9 rings (SSSR count). The van der Waals surface area contributed by atoms with Gasteiger partial charge >= 0.3 is 0 Å². The summed E-state index contributed by atoms with van der Waals surface area (Å²) >= 11 is 37.4. The van der Waals surface area contributed by atoms with E-state index >= 15 is 0 Å². The monoisotopic (exact) mass is 1420 g/mol. The molecule has 20 heteroatoms. The van der Waals surface area contributed by atoms with Crippen LogP contribution < -0.4 is 30.2 Å². The number of pyridine rings is 3. The van der Waals surface area contributed by atoms with Crippen LogP contribution in [0, 0.1) is 97.7 Å². The van der Waals surface area contributed by atoms with E-state index < -0.39 is 0 Å². The first-order valence-electron chi connectivity index (χ1n) is 27.2. The first-order valence-corrected chi connectivity index (χ1v) is 29.5. The minimum atomic E-state index is 0. The molecule has 0 fully saturated rings. The van der Waals surface area contributed by atoms with Crippen molar-refractivity contribution < 1.29 is 19.3 Å². The molecule has 0 amide bonds. The summed E-state index contributed by atoms with van der Waals surface area (Å²) in [7, 11) is 4.60. The van der Waals surface area contributed by atoms with Crippen molar-refractivity contribution in [2.45, 2.75) is 73.6 Å². The van der Waals surface area contributed by atoms with Gasteiger partial charge in [0.1, 0.15) is 35.5 Å². The summed E-state index contributed by atoms with van der Waals surface area (Å²) < 4.78 is 15.8. The number of aromatic nitrogens is 3. The predicted octanol–water partition coefficient (Wildman–Crippen LogP) is 19.7. The van der Waals surface area contributed by atoms with Gasteiger partial charge in [-0.2, -0.15) is 15.8 Å². The standard InChI is InChI=1S/2C23H19Cl2N3O.C19H15Cl2N3O.C4H6O.HI/c2*1-4-5-6-7-15-9-20-17(8-14(15)2)23(16(12-26)13-27-20)28-21-11-22(29-3)19(25)10-18(21)24;1-10-4-13-16(5-11(10)2)23-9-12(8-22)19(13)24-17-7-18(25-3)15(21)6-14(17)20;1-2-3-4-5;/h2*8-11,13H,4-5H2,1-3H3,(H,27,28);4-7,9H,1-3H3,(H,23,24);1,5H,3-4H2;1H. The van der Waals surface area contributed by atoms with E-state index in [-0.39, 0.29) is 30.6 Å². The summed E-state index contributed by atoms with van der Waals surface area (Å²) in [5.41, 5.74) is 13.4. The van der Waals surface area contributed by atoms with E-state index in [2.05, 4.69) is 92.6 Å². The molecular weight excluding hydrogens is 1360 g/mol. The van der Waals surface area contributed by atoms with Crippen LogP contribution in [0.25, 0.3) is 32.7 Å². The zero-order valence-corrected chi connectivity index (χ0v) is 56.9. The number of aryl methyl sites for hydroxylation is 4. The minimum Gasteiger partial charge on any atom is -0.495 e. The van der Waals surface area contributed by atoms with E-state index in [1.54, 1.807) is 55.0 Å². The van der Waals surface area contributed by atoms with Crippen LogP contribution in [0.2, 0.25) is 30.1 Å². The molecule has 3 heterocycles. The Hall–Kier alpha value is -8.07. The van der Waals surface area contributed by atoms with Crippen molar-refractivity contribution in [3.05, 3.63) is 172 Å². The van der Waals surface area contributed by atoms with Crippen molar-refractivity contribution in [3.8, 4) is 71.5 Å². The Bertz CT molecular complexity index is 4230. The topological polar surface area (TPSA) is 194 Å². The maximum Gasteiger partial charge on any atom is 0.139 e. The van der Waals surface area contributed by atoms with Gasteiger partial charge in [0.2, 0.25) is 0 Å². The number of hydrogen-bond donors (Lipinski definition) is 4. The number of rotatable bonds is 12. The average molecular weight is 1420 g/mol. The molecule has 0 aliphatic rings. The van der Waals surface area contributed by atoms with Crippen molar-refractivity contribution in [2.75, 3.05) is 43.9 Å². The van der Waals surface area contributed by atoms with Crippen LogP contribution in [0.15, 0.2) is 91.4 Å². The van der Waals surface area contributed by atoms with E-state index in [1.807, 2.05) is 64.1 Å². The van der Waals surface area contributed by atoms with Crippen molar-refractivity contribution in [1.29, 1.82) is 15.8 Å². The fourth-order valence-corrected chi connectivity index (χ4v) is 9.97. The van der Waals surface area contributed by atoms with Crippen molar-refractivity contribution in [3.63, 3.8) is 0 Å². The Kier molecular flexibility index (Phi) is 27.9. The molecule has 0 bridgehead atoms. The highest BCUT2D eigenvalue weighted by molar-refractivity contribution is 14.0. The van der Waals surface area contributed by atoms with Crippen LogP contribution in [-0.2, 0) is 0 Å². The van der Waals surface area contributed by atoms with Gasteiger partial charge in [0.15, 0.2) is 0 Å². The zero-order valence-electron chi connectivity index (χ0n) is 50.0. The second-order valence-electron chi connectivity index (χ2n) is 19.4. The van der Waals surface area contributed by atoms with Gasteiger partial charge in [-0.15, -0.1) is 36.3 Å². The van der Waals surface area contributed by atoms with E-state index in [4.69, 9.17) is 95.3 Å². The lowest BCUT2D eigenvalue weighted by Crippen LogP contribution is -1.99.